The molecule has 2 aromatic rings. The van der Waals surface area contributed by atoms with Crippen molar-refractivity contribution in [3.05, 3.63) is 46.8 Å². The molecular weight excluding hydrogens is 192 g/mol. The summed E-state index contributed by atoms with van der Waals surface area (Å²) in [5.74, 6) is 0.645. The van der Waals surface area contributed by atoms with Gasteiger partial charge < -0.3 is 9.15 Å². The molecule has 0 aliphatic carbocycles. The van der Waals surface area contributed by atoms with Crippen molar-refractivity contribution in [1.29, 1.82) is 0 Å². The number of rotatable bonds is 2. The fourth-order valence-corrected chi connectivity index (χ4v) is 1.45. The highest BCUT2D eigenvalue weighted by Crippen LogP contribution is 2.25. The van der Waals surface area contributed by atoms with E-state index < -0.39 is 0 Å². The van der Waals surface area contributed by atoms with E-state index in [-0.39, 0.29) is 5.63 Å². The molecule has 0 bridgehead atoms. The fourth-order valence-electron chi connectivity index (χ4n) is 1.45. The van der Waals surface area contributed by atoms with Gasteiger partial charge in [0, 0.05) is 23.1 Å². The average molecular weight is 202 g/mol. The van der Waals surface area contributed by atoms with Crippen molar-refractivity contribution in [3.8, 4) is 5.75 Å². The van der Waals surface area contributed by atoms with Crippen LogP contribution in [0, 0.1) is 0 Å². The Morgan fingerprint density at radius 3 is 2.87 bits per heavy atom. The van der Waals surface area contributed by atoms with Crippen LogP contribution in [0.2, 0.25) is 0 Å². The van der Waals surface area contributed by atoms with Crippen LogP contribution in [0.1, 0.15) is 5.56 Å². The van der Waals surface area contributed by atoms with Crippen LogP contribution in [0.25, 0.3) is 17.0 Å². The third-order valence-electron chi connectivity index (χ3n) is 2.19. The van der Waals surface area contributed by atoms with Gasteiger partial charge in [-0.05, 0) is 12.1 Å². The van der Waals surface area contributed by atoms with Crippen LogP contribution in [-0.4, -0.2) is 7.11 Å². The fraction of sp³-hybridized carbons (Fsp3) is 0.0833. The molecule has 0 fully saturated rings. The van der Waals surface area contributed by atoms with Gasteiger partial charge in [-0.25, -0.2) is 4.79 Å². The normalized spacial score (nSPS) is 10.2. The van der Waals surface area contributed by atoms with Gasteiger partial charge >= 0.3 is 5.63 Å². The maximum Gasteiger partial charge on any atom is 0.336 e. The predicted octanol–water partition coefficient (Wildman–Crippen LogP) is 2.44. The van der Waals surface area contributed by atoms with Crippen molar-refractivity contribution < 1.29 is 9.15 Å². The van der Waals surface area contributed by atoms with Crippen molar-refractivity contribution in [2.75, 3.05) is 7.11 Å². The van der Waals surface area contributed by atoms with Crippen molar-refractivity contribution in [2.24, 2.45) is 0 Å². The first-order valence-electron chi connectivity index (χ1n) is 4.49. The summed E-state index contributed by atoms with van der Waals surface area (Å²) in [5.41, 5.74) is 1.03. The Hall–Kier alpha value is -2.03. The van der Waals surface area contributed by atoms with E-state index in [2.05, 4.69) is 6.58 Å². The van der Waals surface area contributed by atoms with Gasteiger partial charge in [-0.15, -0.1) is 0 Å². The summed E-state index contributed by atoms with van der Waals surface area (Å²) in [4.78, 5) is 11.0. The Bertz CT molecular complexity index is 567. The van der Waals surface area contributed by atoms with E-state index in [0.29, 0.717) is 11.3 Å². The van der Waals surface area contributed by atoms with E-state index >= 15 is 0 Å². The van der Waals surface area contributed by atoms with Crippen LogP contribution in [0.3, 0.4) is 0 Å². The number of hydrogen-bond acceptors (Lipinski definition) is 3. The van der Waals surface area contributed by atoms with E-state index in [9.17, 15) is 4.79 Å². The van der Waals surface area contributed by atoms with Crippen molar-refractivity contribution in [2.45, 2.75) is 0 Å². The van der Waals surface area contributed by atoms with Crippen molar-refractivity contribution in [3.63, 3.8) is 0 Å². The molecule has 1 heterocycles. The molecule has 0 atom stereocenters. The number of hydrogen-bond donors (Lipinski definition) is 0. The van der Waals surface area contributed by atoms with E-state index in [4.69, 9.17) is 9.15 Å². The molecule has 0 amide bonds. The molecule has 1 aromatic carbocycles. The van der Waals surface area contributed by atoms with Crippen LogP contribution in [-0.2, 0) is 0 Å². The maximum atomic E-state index is 11.0. The summed E-state index contributed by atoms with van der Waals surface area (Å²) >= 11 is 0. The Labute approximate surface area is 86.6 Å². The lowest BCUT2D eigenvalue weighted by Crippen LogP contribution is -1.95. The number of methoxy groups -OCH3 is 1. The highest BCUT2D eigenvalue weighted by Gasteiger charge is 2.04. The first kappa shape index (κ1) is 9.52. The van der Waals surface area contributed by atoms with Crippen LogP contribution in [0.5, 0.6) is 5.75 Å². The second-order valence-electron chi connectivity index (χ2n) is 3.09. The van der Waals surface area contributed by atoms with Crippen LogP contribution in [0.4, 0.5) is 0 Å². The van der Waals surface area contributed by atoms with Crippen LogP contribution < -0.4 is 10.4 Å². The summed E-state index contributed by atoms with van der Waals surface area (Å²) < 4.78 is 10.2. The van der Waals surface area contributed by atoms with Crippen LogP contribution in [0.15, 0.2) is 40.1 Å². The number of benzene rings is 1. The molecule has 3 heteroatoms. The molecule has 0 unspecified atom stereocenters. The summed E-state index contributed by atoms with van der Waals surface area (Å²) in [5, 5.41) is 0.852. The summed E-state index contributed by atoms with van der Waals surface area (Å²) in [6.07, 6.45) is 1.70. The second kappa shape index (κ2) is 3.61. The smallest absolute Gasteiger partial charge is 0.336 e. The summed E-state index contributed by atoms with van der Waals surface area (Å²) in [7, 11) is 1.56. The Balaban J connectivity index is 2.80. The average Bonchev–Trinajstić information content (AvgIpc) is 2.27. The molecule has 0 saturated carbocycles. The van der Waals surface area contributed by atoms with Gasteiger partial charge in [-0.2, -0.15) is 0 Å². The quantitative estimate of drug-likeness (QED) is 0.702. The summed E-state index contributed by atoms with van der Waals surface area (Å²) in [6, 6.07) is 6.66. The van der Waals surface area contributed by atoms with Gasteiger partial charge in [0.25, 0.3) is 0 Å². The third-order valence-corrected chi connectivity index (χ3v) is 2.19. The predicted molar refractivity (Wildman–Crippen MR) is 59.1 cm³/mol. The van der Waals surface area contributed by atoms with Gasteiger partial charge in [0.2, 0.25) is 0 Å². The molecule has 0 radical (unpaired) electrons. The minimum Gasteiger partial charge on any atom is -0.496 e. The Morgan fingerprint density at radius 1 is 1.40 bits per heavy atom. The van der Waals surface area contributed by atoms with E-state index in [1.807, 2.05) is 6.07 Å². The first-order chi connectivity index (χ1) is 7.24. The van der Waals surface area contributed by atoms with Gasteiger partial charge in [0.1, 0.15) is 11.3 Å². The SMILES string of the molecule is C=Cc1cc2ccc(=O)oc2cc1OC. The molecule has 15 heavy (non-hydrogen) atoms. The minimum atomic E-state index is -0.365. The van der Waals surface area contributed by atoms with Gasteiger partial charge in [0.05, 0.1) is 7.11 Å². The highest BCUT2D eigenvalue weighted by molar-refractivity contribution is 5.82. The lowest BCUT2D eigenvalue weighted by atomic mass is 10.1. The molecule has 0 aliphatic heterocycles. The zero-order valence-corrected chi connectivity index (χ0v) is 8.32. The molecule has 0 spiro atoms. The van der Waals surface area contributed by atoms with Gasteiger partial charge in [0.15, 0.2) is 0 Å². The maximum absolute atomic E-state index is 11.0. The van der Waals surface area contributed by atoms with Crippen molar-refractivity contribution >= 4 is 17.0 Å². The van der Waals surface area contributed by atoms with E-state index in [1.165, 1.54) is 6.07 Å². The standard InChI is InChI=1S/C12H10O3/c1-3-8-6-9-4-5-12(13)15-11(9)7-10(8)14-2/h3-7H,1H2,2H3. The number of ether oxygens (including phenoxy) is 1. The molecular formula is C12H10O3. The Morgan fingerprint density at radius 2 is 2.20 bits per heavy atom. The topological polar surface area (TPSA) is 39.4 Å². The summed E-state index contributed by atoms with van der Waals surface area (Å²) in [6.45, 7) is 3.69. The molecule has 0 saturated heterocycles. The molecule has 0 N–H and O–H groups in total. The largest absolute Gasteiger partial charge is 0.496 e. The van der Waals surface area contributed by atoms with E-state index in [1.54, 1.807) is 25.3 Å². The molecule has 2 rings (SSSR count). The Kier molecular flexibility index (Phi) is 2.29. The zero-order valence-electron chi connectivity index (χ0n) is 8.32. The van der Waals surface area contributed by atoms with Crippen LogP contribution >= 0.6 is 0 Å². The lowest BCUT2D eigenvalue weighted by molar-refractivity contribution is 0.413. The second-order valence-corrected chi connectivity index (χ2v) is 3.09. The minimum absolute atomic E-state index is 0.365. The molecule has 76 valence electrons. The zero-order chi connectivity index (χ0) is 10.8. The number of fused-ring (bicyclic) bond motifs is 1. The molecule has 3 nitrogen and oxygen atoms in total. The highest BCUT2D eigenvalue weighted by atomic mass is 16.5. The van der Waals surface area contributed by atoms with Crippen molar-refractivity contribution in [1.82, 2.24) is 0 Å². The monoisotopic (exact) mass is 202 g/mol. The van der Waals surface area contributed by atoms with Gasteiger partial charge in [-0.1, -0.05) is 12.7 Å². The third kappa shape index (κ3) is 1.64. The molecule has 1 aromatic heterocycles. The first-order valence-corrected chi connectivity index (χ1v) is 4.49. The lowest BCUT2D eigenvalue weighted by Gasteiger charge is -2.05. The van der Waals surface area contributed by atoms with E-state index in [0.717, 1.165) is 10.9 Å². The van der Waals surface area contributed by atoms with Gasteiger partial charge in [-0.3, -0.25) is 0 Å². The molecule has 0 aliphatic rings.